The van der Waals surface area contributed by atoms with Gasteiger partial charge < -0.3 is 15.3 Å². The molecule has 2 aliphatic rings. The summed E-state index contributed by atoms with van der Waals surface area (Å²) in [4.78, 5) is 24.3. The molecule has 2 heterocycles. The molecule has 2 saturated heterocycles. The van der Waals surface area contributed by atoms with E-state index in [1.165, 1.54) is 18.7 Å². The lowest BCUT2D eigenvalue weighted by Crippen LogP contribution is -2.54. The lowest BCUT2D eigenvalue weighted by Gasteiger charge is -2.38. The highest BCUT2D eigenvalue weighted by atomic mass is 19.3. The number of piperidine rings is 1. The van der Waals surface area contributed by atoms with E-state index in [2.05, 4.69) is 5.32 Å². The number of amides is 1. The second-order valence-electron chi connectivity index (χ2n) is 6.02. The number of likely N-dealkylation sites (tertiary alicyclic amines) is 1. The summed E-state index contributed by atoms with van der Waals surface area (Å²) in [6, 6.07) is -0.447. The van der Waals surface area contributed by atoms with E-state index < -0.39 is 35.8 Å². The predicted molar refractivity (Wildman–Crippen MR) is 62.8 cm³/mol. The Labute approximate surface area is 109 Å². The first-order chi connectivity index (χ1) is 8.63. The number of rotatable bonds is 3. The standard InChI is InChI=1S/C12H18F2N2O3/c1-11(2,10(18)19)6-16-4-8-7(3-9(16)17)12(13,14)5-15-8/h7-8,15H,3-6H2,1-2H3,(H,18,19)/t7-,8+/m0/s1. The van der Waals surface area contributed by atoms with Crippen molar-refractivity contribution in [3.63, 3.8) is 0 Å². The number of aliphatic carboxylic acids is 1. The Morgan fingerprint density at radius 2 is 2.21 bits per heavy atom. The molecule has 0 spiro atoms. The van der Waals surface area contributed by atoms with Crippen LogP contribution in [-0.2, 0) is 9.59 Å². The first-order valence-corrected chi connectivity index (χ1v) is 6.26. The molecule has 0 aromatic heterocycles. The van der Waals surface area contributed by atoms with Gasteiger partial charge in [0.2, 0.25) is 5.91 Å². The lowest BCUT2D eigenvalue weighted by atomic mass is 9.87. The van der Waals surface area contributed by atoms with Crippen molar-refractivity contribution in [2.24, 2.45) is 11.3 Å². The minimum Gasteiger partial charge on any atom is -0.481 e. The Hall–Kier alpha value is -1.24. The molecule has 0 unspecified atom stereocenters. The third-order valence-electron chi connectivity index (χ3n) is 3.96. The molecular weight excluding hydrogens is 258 g/mol. The van der Waals surface area contributed by atoms with Crippen LogP contribution in [-0.4, -0.2) is 53.5 Å². The summed E-state index contributed by atoms with van der Waals surface area (Å²) in [5.74, 6) is -5.22. The van der Waals surface area contributed by atoms with Gasteiger partial charge in [-0.25, -0.2) is 8.78 Å². The third kappa shape index (κ3) is 2.56. The summed E-state index contributed by atoms with van der Waals surface area (Å²) in [7, 11) is 0. The number of nitrogens with zero attached hydrogens (tertiary/aromatic N) is 1. The highest BCUT2D eigenvalue weighted by molar-refractivity contribution is 5.80. The monoisotopic (exact) mass is 276 g/mol. The summed E-state index contributed by atoms with van der Waals surface area (Å²) in [5, 5.41) is 11.8. The van der Waals surface area contributed by atoms with E-state index in [1.807, 2.05) is 0 Å². The highest BCUT2D eigenvalue weighted by Gasteiger charge is 2.54. The first kappa shape index (κ1) is 14.2. The number of carboxylic acid groups (broad SMARTS) is 1. The van der Waals surface area contributed by atoms with Crippen LogP contribution in [0.25, 0.3) is 0 Å². The van der Waals surface area contributed by atoms with Crippen LogP contribution < -0.4 is 5.32 Å². The number of hydrogen-bond acceptors (Lipinski definition) is 3. The van der Waals surface area contributed by atoms with Gasteiger partial charge in [0, 0.05) is 31.5 Å². The van der Waals surface area contributed by atoms with E-state index in [4.69, 9.17) is 5.11 Å². The average molecular weight is 276 g/mol. The number of halogens is 2. The van der Waals surface area contributed by atoms with E-state index in [1.54, 1.807) is 0 Å². The van der Waals surface area contributed by atoms with Crippen LogP contribution in [0.1, 0.15) is 20.3 Å². The molecule has 0 aliphatic carbocycles. The highest BCUT2D eigenvalue weighted by Crippen LogP contribution is 2.38. The number of hydrogen-bond donors (Lipinski definition) is 2. The molecule has 7 heteroatoms. The fraction of sp³-hybridized carbons (Fsp3) is 0.833. The fourth-order valence-electron chi connectivity index (χ4n) is 2.67. The molecule has 2 aliphatic heterocycles. The van der Waals surface area contributed by atoms with E-state index in [0.717, 1.165) is 0 Å². The van der Waals surface area contributed by atoms with Gasteiger partial charge in [0.1, 0.15) is 0 Å². The second kappa shape index (κ2) is 4.40. The number of alkyl halides is 2. The van der Waals surface area contributed by atoms with Crippen molar-refractivity contribution in [3.05, 3.63) is 0 Å². The summed E-state index contributed by atoms with van der Waals surface area (Å²) in [5.41, 5.74) is -1.08. The zero-order valence-corrected chi connectivity index (χ0v) is 10.9. The molecule has 5 nitrogen and oxygen atoms in total. The molecule has 0 saturated carbocycles. The maximum absolute atomic E-state index is 13.5. The number of carbonyl (C=O) groups is 2. The first-order valence-electron chi connectivity index (χ1n) is 6.26. The zero-order valence-electron chi connectivity index (χ0n) is 10.9. The topological polar surface area (TPSA) is 69.6 Å². The zero-order chi connectivity index (χ0) is 14.4. The Balaban J connectivity index is 2.07. The van der Waals surface area contributed by atoms with Crippen molar-refractivity contribution < 1.29 is 23.5 Å². The molecule has 19 heavy (non-hydrogen) atoms. The molecule has 2 atom stereocenters. The maximum Gasteiger partial charge on any atom is 0.310 e. The largest absolute Gasteiger partial charge is 0.481 e. The third-order valence-corrected chi connectivity index (χ3v) is 3.96. The SMILES string of the molecule is CC(C)(CN1C[C@H]2NCC(F)(F)[C@H]2CC1=O)C(=O)O. The van der Waals surface area contributed by atoms with Gasteiger partial charge in [-0.15, -0.1) is 0 Å². The molecule has 108 valence electrons. The molecule has 0 aromatic carbocycles. The number of carbonyl (C=O) groups excluding carboxylic acids is 1. The Morgan fingerprint density at radius 3 is 2.79 bits per heavy atom. The summed E-state index contributed by atoms with van der Waals surface area (Å²) in [6.07, 6.45) is -0.222. The van der Waals surface area contributed by atoms with Crippen molar-refractivity contribution in [1.82, 2.24) is 10.2 Å². The molecule has 1 amide bonds. The maximum atomic E-state index is 13.5. The van der Waals surface area contributed by atoms with Crippen LogP contribution in [0.4, 0.5) is 8.78 Å². The van der Waals surface area contributed by atoms with Crippen molar-refractivity contribution in [1.29, 1.82) is 0 Å². The van der Waals surface area contributed by atoms with Gasteiger partial charge in [-0.05, 0) is 13.8 Å². The second-order valence-corrected chi connectivity index (χ2v) is 6.02. The minimum atomic E-state index is -2.85. The lowest BCUT2D eigenvalue weighted by molar-refractivity contribution is -0.152. The average Bonchev–Trinajstić information content (AvgIpc) is 2.55. The van der Waals surface area contributed by atoms with Gasteiger partial charge in [0.05, 0.1) is 12.0 Å². The normalized spacial score (nSPS) is 30.3. The van der Waals surface area contributed by atoms with Crippen LogP contribution in [0.15, 0.2) is 0 Å². The molecule has 0 bridgehead atoms. The predicted octanol–water partition coefficient (Wildman–Crippen LogP) is 0.553. The molecule has 2 fully saturated rings. The minimum absolute atomic E-state index is 0.0393. The summed E-state index contributed by atoms with van der Waals surface area (Å²) >= 11 is 0. The van der Waals surface area contributed by atoms with Crippen LogP contribution in [0.5, 0.6) is 0 Å². The summed E-state index contributed by atoms with van der Waals surface area (Å²) in [6.45, 7) is 2.82. The molecule has 2 rings (SSSR count). The van der Waals surface area contributed by atoms with Crippen molar-refractivity contribution >= 4 is 11.9 Å². The Bertz CT molecular complexity index is 412. The molecular formula is C12H18F2N2O3. The van der Waals surface area contributed by atoms with Gasteiger partial charge >= 0.3 is 5.97 Å². The van der Waals surface area contributed by atoms with Crippen LogP contribution >= 0.6 is 0 Å². The Kier molecular flexibility index (Phi) is 3.28. The molecule has 0 radical (unpaired) electrons. The quantitative estimate of drug-likeness (QED) is 0.790. The van der Waals surface area contributed by atoms with Gasteiger partial charge in [-0.3, -0.25) is 9.59 Å². The van der Waals surface area contributed by atoms with Crippen LogP contribution in [0.2, 0.25) is 0 Å². The van der Waals surface area contributed by atoms with Gasteiger partial charge in [0.15, 0.2) is 0 Å². The van der Waals surface area contributed by atoms with E-state index >= 15 is 0 Å². The fourth-order valence-corrected chi connectivity index (χ4v) is 2.67. The number of nitrogens with one attached hydrogen (secondary N) is 1. The van der Waals surface area contributed by atoms with Crippen molar-refractivity contribution in [3.8, 4) is 0 Å². The van der Waals surface area contributed by atoms with Gasteiger partial charge in [0.25, 0.3) is 5.92 Å². The Morgan fingerprint density at radius 1 is 1.58 bits per heavy atom. The number of carboxylic acids is 1. The van der Waals surface area contributed by atoms with Crippen molar-refractivity contribution in [2.75, 3.05) is 19.6 Å². The van der Waals surface area contributed by atoms with Crippen LogP contribution in [0.3, 0.4) is 0 Å². The molecule has 0 aromatic rings. The van der Waals surface area contributed by atoms with Crippen molar-refractivity contribution in [2.45, 2.75) is 32.2 Å². The van der Waals surface area contributed by atoms with Gasteiger partial charge in [-0.1, -0.05) is 0 Å². The van der Waals surface area contributed by atoms with Gasteiger partial charge in [-0.2, -0.15) is 0 Å². The summed E-state index contributed by atoms with van der Waals surface area (Å²) < 4.78 is 27.0. The molecule has 2 N–H and O–H groups in total. The van der Waals surface area contributed by atoms with E-state index in [0.29, 0.717) is 0 Å². The van der Waals surface area contributed by atoms with Crippen LogP contribution in [0, 0.1) is 11.3 Å². The van der Waals surface area contributed by atoms with E-state index in [9.17, 15) is 18.4 Å². The number of fused-ring (bicyclic) bond motifs is 1. The van der Waals surface area contributed by atoms with E-state index in [-0.39, 0.29) is 25.4 Å². The smallest absolute Gasteiger partial charge is 0.310 e.